The van der Waals surface area contributed by atoms with E-state index in [-0.39, 0.29) is 18.3 Å². The lowest BCUT2D eigenvalue weighted by Crippen LogP contribution is -2.19. The van der Waals surface area contributed by atoms with Crippen molar-refractivity contribution in [3.8, 4) is 0 Å². The number of carbonyl (C=O) groups is 1. The molecule has 0 bridgehead atoms. The average molecular weight is 222 g/mol. The van der Waals surface area contributed by atoms with E-state index in [1.165, 1.54) is 19.1 Å². The Hall–Kier alpha value is -1.68. The molecule has 0 radical (unpaired) electrons. The Balaban J connectivity index is 2.69. The molecule has 0 aliphatic heterocycles. The van der Waals surface area contributed by atoms with Crippen molar-refractivity contribution >= 4 is 12.0 Å². The van der Waals surface area contributed by atoms with Crippen LogP contribution in [0.3, 0.4) is 0 Å². The highest BCUT2D eigenvalue weighted by atomic mass is 19.1. The molecule has 0 spiro atoms. The van der Waals surface area contributed by atoms with Crippen LogP contribution in [0.25, 0.3) is 6.08 Å². The zero-order chi connectivity index (χ0) is 12.0. The van der Waals surface area contributed by atoms with Gasteiger partial charge in [-0.25, -0.2) is 4.39 Å². The van der Waals surface area contributed by atoms with Gasteiger partial charge in [0.25, 0.3) is 0 Å². The topological polar surface area (TPSA) is 55.1 Å². The van der Waals surface area contributed by atoms with E-state index in [4.69, 9.17) is 5.73 Å². The van der Waals surface area contributed by atoms with E-state index in [1.807, 2.05) is 6.08 Å². The predicted molar refractivity (Wildman–Crippen MR) is 62.0 cm³/mol. The normalized spacial score (nSPS) is 10.7. The molecule has 0 saturated heterocycles. The van der Waals surface area contributed by atoms with Gasteiger partial charge in [0, 0.05) is 20.0 Å². The molecule has 0 fully saturated rings. The standard InChI is InChI=1S/C12H15FN2O/c1-9(16)15-6-2-3-10-4-5-12(13)7-11(10)8-14/h2-5,7H,6,8,14H2,1H3,(H,15,16). The summed E-state index contributed by atoms with van der Waals surface area (Å²) in [6.07, 6.45) is 3.62. The summed E-state index contributed by atoms with van der Waals surface area (Å²) in [6.45, 7) is 2.20. The molecule has 16 heavy (non-hydrogen) atoms. The highest BCUT2D eigenvalue weighted by Crippen LogP contribution is 2.12. The number of amides is 1. The van der Waals surface area contributed by atoms with Gasteiger partial charge in [-0.1, -0.05) is 18.2 Å². The zero-order valence-electron chi connectivity index (χ0n) is 9.16. The Kier molecular flexibility index (Phi) is 4.66. The van der Waals surface area contributed by atoms with Crippen molar-refractivity contribution in [3.05, 3.63) is 41.2 Å². The Morgan fingerprint density at radius 2 is 2.31 bits per heavy atom. The lowest BCUT2D eigenvalue weighted by Gasteiger charge is -2.03. The Bertz CT molecular complexity index is 402. The minimum Gasteiger partial charge on any atom is -0.353 e. The second kappa shape index (κ2) is 6.02. The fraction of sp³-hybridized carbons (Fsp3) is 0.250. The van der Waals surface area contributed by atoms with Gasteiger partial charge in [-0.2, -0.15) is 0 Å². The monoisotopic (exact) mass is 222 g/mol. The van der Waals surface area contributed by atoms with Gasteiger partial charge < -0.3 is 11.1 Å². The number of benzene rings is 1. The van der Waals surface area contributed by atoms with Gasteiger partial charge in [-0.05, 0) is 23.3 Å². The minimum absolute atomic E-state index is 0.0807. The molecule has 0 aliphatic carbocycles. The highest BCUT2D eigenvalue weighted by Gasteiger charge is 1.99. The van der Waals surface area contributed by atoms with Crippen molar-refractivity contribution in [1.82, 2.24) is 5.32 Å². The second-order valence-electron chi connectivity index (χ2n) is 3.39. The molecule has 1 aromatic rings. The molecule has 86 valence electrons. The van der Waals surface area contributed by atoms with E-state index in [0.717, 1.165) is 11.1 Å². The van der Waals surface area contributed by atoms with Crippen LogP contribution in [0.2, 0.25) is 0 Å². The van der Waals surface area contributed by atoms with Crippen LogP contribution in [0, 0.1) is 5.82 Å². The van der Waals surface area contributed by atoms with E-state index in [0.29, 0.717) is 6.54 Å². The van der Waals surface area contributed by atoms with Crippen molar-refractivity contribution in [2.24, 2.45) is 5.73 Å². The summed E-state index contributed by atoms with van der Waals surface area (Å²) in [6, 6.07) is 4.47. The first-order chi connectivity index (χ1) is 7.63. The Labute approximate surface area is 94.1 Å². The molecule has 0 unspecified atom stereocenters. The SMILES string of the molecule is CC(=O)NCC=Cc1ccc(F)cc1CN. The fourth-order valence-electron chi connectivity index (χ4n) is 1.30. The fourth-order valence-corrected chi connectivity index (χ4v) is 1.30. The smallest absolute Gasteiger partial charge is 0.217 e. The van der Waals surface area contributed by atoms with E-state index < -0.39 is 0 Å². The molecule has 0 atom stereocenters. The van der Waals surface area contributed by atoms with Gasteiger partial charge in [0.15, 0.2) is 0 Å². The van der Waals surface area contributed by atoms with Crippen LogP contribution in [-0.4, -0.2) is 12.5 Å². The van der Waals surface area contributed by atoms with Gasteiger partial charge >= 0.3 is 0 Å². The van der Waals surface area contributed by atoms with Crippen molar-refractivity contribution in [3.63, 3.8) is 0 Å². The van der Waals surface area contributed by atoms with Crippen LogP contribution in [0.4, 0.5) is 4.39 Å². The molecule has 0 aromatic heterocycles. The lowest BCUT2D eigenvalue weighted by atomic mass is 10.1. The van der Waals surface area contributed by atoms with E-state index in [9.17, 15) is 9.18 Å². The molecule has 4 heteroatoms. The molecular formula is C12H15FN2O. The first-order valence-corrected chi connectivity index (χ1v) is 5.03. The molecule has 0 heterocycles. The van der Waals surface area contributed by atoms with E-state index in [1.54, 1.807) is 12.1 Å². The summed E-state index contributed by atoms with van der Waals surface area (Å²) in [7, 11) is 0. The second-order valence-corrected chi connectivity index (χ2v) is 3.39. The summed E-state index contributed by atoms with van der Waals surface area (Å²) >= 11 is 0. The molecule has 3 N–H and O–H groups in total. The Morgan fingerprint density at radius 3 is 2.94 bits per heavy atom. The molecule has 1 amide bonds. The molecule has 3 nitrogen and oxygen atoms in total. The maximum Gasteiger partial charge on any atom is 0.217 e. The molecule has 1 rings (SSSR count). The van der Waals surface area contributed by atoms with E-state index >= 15 is 0 Å². The summed E-state index contributed by atoms with van der Waals surface area (Å²) < 4.78 is 12.9. The van der Waals surface area contributed by atoms with Gasteiger partial charge in [-0.3, -0.25) is 4.79 Å². The van der Waals surface area contributed by atoms with Crippen molar-refractivity contribution < 1.29 is 9.18 Å². The Morgan fingerprint density at radius 1 is 1.56 bits per heavy atom. The number of rotatable bonds is 4. The van der Waals surface area contributed by atoms with Gasteiger partial charge in [0.1, 0.15) is 5.82 Å². The predicted octanol–water partition coefficient (Wildman–Crippen LogP) is 1.43. The number of hydrogen-bond donors (Lipinski definition) is 2. The summed E-state index contributed by atoms with van der Waals surface area (Å²) in [5.41, 5.74) is 7.12. The first kappa shape index (κ1) is 12.4. The van der Waals surface area contributed by atoms with Crippen LogP contribution >= 0.6 is 0 Å². The largest absolute Gasteiger partial charge is 0.353 e. The number of nitrogens with two attached hydrogens (primary N) is 1. The highest BCUT2D eigenvalue weighted by molar-refractivity contribution is 5.73. The van der Waals surface area contributed by atoms with Crippen molar-refractivity contribution in [1.29, 1.82) is 0 Å². The summed E-state index contributed by atoms with van der Waals surface area (Å²) in [5.74, 6) is -0.373. The molecule has 1 aromatic carbocycles. The van der Waals surface area contributed by atoms with Crippen molar-refractivity contribution in [2.45, 2.75) is 13.5 Å². The number of carbonyl (C=O) groups excluding carboxylic acids is 1. The number of nitrogens with one attached hydrogen (secondary N) is 1. The molecule has 0 saturated carbocycles. The van der Waals surface area contributed by atoms with Gasteiger partial charge in [0.05, 0.1) is 0 Å². The van der Waals surface area contributed by atoms with Crippen LogP contribution in [0.5, 0.6) is 0 Å². The van der Waals surface area contributed by atoms with Crippen LogP contribution in [-0.2, 0) is 11.3 Å². The third-order valence-corrected chi connectivity index (χ3v) is 2.09. The molecular weight excluding hydrogens is 207 g/mol. The first-order valence-electron chi connectivity index (χ1n) is 5.03. The summed E-state index contributed by atoms with van der Waals surface area (Å²) in [4.78, 5) is 10.6. The minimum atomic E-state index is -0.292. The average Bonchev–Trinajstić information content (AvgIpc) is 2.25. The third-order valence-electron chi connectivity index (χ3n) is 2.09. The lowest BCUT2D eigenvalue weighted by molar-refractivity contribution is -0.118. The number of hydrogen-bond acceptors (Lipinski definition) is 2. The van der Waals surface area contributed by atoms with E-state index in [2.05, 4.69) is 5.32 Å². The quantitative estimate of drug-likeness (QED) is 0.809. The number of halogens is 1. The van der Waals surface area contributed by atoms with Gasteiger partial charge in [0.2, 0.25) is 5.91 Å². The summed E-state index contributed by atoms with van der Waals surface area (Å²) in [5, 5.41) is 2.63. The maximum atomic E-state index is 12.9. The van der Waals surface area contributed by atoms with Crippen molar-refractivity contribution in [2.75, 3.05) is 6.54 Å². The van der Waals surface area contributed by atoms with Crippen LogP contribution < -0.4 is 11.1 Å². The van der Waals surface area contributed by atoms with Crippen LogP contribution in [0.1, 0.15) is 18.1 Å². The van der Waals surface area contributed by atoms with Crippen LogP contribution in [0.15, 0.2) is 24.3 Å². The zero-order valence-corrected chi connectivity index (χ0v) is 9.16. The van der Waals surface area contributed by atoms with Gasteiger partial charge in [-0.15, -0.1) is 0 Å². The molecule has 0 aliphatic rings. The third kappa shape index (κ3) is 3.82. The maximum absolute atomic E-state index is 12.9.